The predicted molar refractivity (Wildman–Crippen MR) is 142 cm³/mol. The zero-order chi connectivity index (χ0) is 27.4. The van der Waals surface area contributed by atoms with Gasteiger partial charge in [-0.05, 0) is 68.4 Å². The van der Waals surface area contributed by atoms with Crippen LogP contribution in [0.25, 0.3) is 0 Å². The number of amides is 2. The summed E-state index contributed by atoms with van der Waals surface area (Å²) in [5.74, 6) is 0.371. The molecule has 0 radical (unpaired) electrons. The van der Waals surface area contributed by atoms with Crippen molar-refractivity contribution in [3.63, 3.8) is 0 Å². The minimum absolute atomic E-state index is 0.0438. The average Bonchev–Trinajstić information content (AvgIpc) is 3.51. The summed E-state index contributed by atoms with van der Waals surface area (Å²) in [6.45, 7) is 7.41. The number of benzene rings is 2. The molecule has 0 aliphatic carbocycles. The van der Waals surface area contributed by atoms with Gasteiger partial charge in [-0.3, -0.25) is 9.59 Å². The zero-order valence-electron chi connectivity index (χ0n) is 22.4. The average molecular weight is 522 g/mol. The molecule has 0 saturated heterocycles. The van der Waals surface area contributed by atoms with E-state index in [9.17, 15) is 19.8 Å². The second-order valence-corrected chi connectivity index (χ2v) is 9.75. The van der Waals surface area contributed by atoms with Crippen LogP contribution in [0.2, 0.25) is 0 Å². The SMILES string of the molecule is CCN(C)CCCOc1ccc2c(c1)CN(C(=O)c1cc(C(=O)N(C)Cc3ccc(C)o3)c(O)cc1O)C2. The van der Waals surface area contributed by atoms with Crippen LogP contribution in [0.3, 0.4) is 0 Å². The normalized spacial score (nSPS) is 12.6. The van der Waals surface area contributed by atoms with Gasteiger partial charge in [-0.25, -0.2) is 0 Å². The molecule has 202 valence electrons. The number of carbonyl (C=O) groups excluding carboxylic acids is 2. The lowest BCUT2D eigenvalue weighted by molar-refractivity contribution is 0.0748. The molecule has 0 saturated carbocycles. The summed E-state index contributed by atoms with van der Waals surface area (Å²) in [6, 6.07) is 11.7. The van der Waals surface area contributed by atoms with Crippen LogP contribution in [0.1, 0.15) is 56.7 Å². The number of hydrogen-bond acceptors (Lipinski definition) is 7. The van der Waals surface area contributed by atoms with Crippen LogP contribution in [-0.2, 0) is 19.6 Å². The van der Waals surface area contributed by atoms with Gasteiger partial charge in [0.25, 0.3) is 11.8 Å². The molecule has 0 unspecified atom stereocenters. The fourth-order valence-corrected chi connectivity index (χ4v) is 4.46. The van der Waals surface area contributed by atoms with Gasteiger partial charge in [0.2, 0.25) is 0 Å². The summed E-state index contributed by atoms with van der Waals surface area (Å²) in [6.07, 6.45) is 0.920. The molecule has 0 atom stereocenters. The number of hydrogen-bond donors (Lipinski definition) is 2. The molecule has 2 heterocycles. The van der Waals surface area contributed by atoms with E-state index in [1.165, 1.54) is 11.0 Å². The van der Waals surface area contributed by atoms with Gasteiger partial charge >= 0.3 is 0 Å². The lowest BCUT2D eigenvalue weighted by atomic mass is 10.1. The van der Waals surface area contributed by atoms with E-state index in [4.69, 9.17) is 9.15 Å². The van der Waals surface area contributed by atoms with Crippen molar-refractivity contribution in [2.75, 3.05) is 33.8 Å². The maximum Gasteiger partial charge on any atom is 0.258 e. The Balaban J connectivity index is 1.44. The van der Waals surface area contributed by atoms with Crippen LogP contribution in [0, 0.1) is 6.92 Å². The molecule has 2 amide bonds. The van der Waals surface area contributed by atoms with Crippen molar-refractivity contribution in [1.29, 1.82) is 0 Å². The lowest BCUT2D eigenvalue weighted by Gasteiger charge is -2.19. The highest BCUT2D eigenvalue weighted by atomic mass is 16.5. The van der Waals surface area contributed by atoms with Crippen LogP contribution in [0.4, 0.5) is 0 Å². The molecular formula is C29H35N3O6. The maximum absolute atomic E-state index is 13.4. The van der Waals surface area contributed by atoms with E-state index in [0.29, 0.717) is 25.5 Å². The zero-order valence-corrected chi connectivity index (χ0v) is 22.4. The van der Waals surface area contributed by atoms with E-state index in [1.807, 2.05) is 25.1 Å². The number of phenols is 2. The minimum atomic E-state index is -0.498. The number of ether oxygens (including phenoxy) is 1. The maximum atomic E-state index is 13.4. The number of carbonyl (C=O) groups is 2. The quantitative estimate of drug-likeness (QED) is 0.386. The minimum Gasteiger partial charge on any atom is -0.507 e. The van der Waals surface area contributed by atoms with Crippen molar-refractivity contribution in [2.24, 2.45) is 0 Å². The van der Waals surface area contributed by atoms with Gasteiger partial charge in [-0.1, -0.05) is 13.0 Å². The van der Waals surface area contributed by atoms with E-state index in [2.05, 4.69) is 18.9 Å². The molecule has 2 N–H and O–H groups in total. The molecule has 2 aromatic carbocycles. The Bertz CT molecular complexity index is 1320. The molecule has 9 nitrogen and oxygen atoms in total. The largest absolute Gasteiger partial charge is 0.507 e. The first-order chi connectivity index (χ1) is 18.2. The van der Waals surface area contributed by atoms with Gasteiger partial charge in [-0.2, -0.15) is 0 Å². The van der Waals surface area contributed by atoms with Crippen LogP contribution in [0.5, 0.6) is 17.2 Å². The van der Waals surface area contributed by atoms with Crippen molar-refractivity contribution >= 4 is 11.8 Å². The number of rotatable bonds is 10. The van der Waals surface area contributed by atoms with Gasteiger partial charge in [0, 0.05) is 32.7 Å². The summed E-state index contributed by atoms with van der Waals surface area (Å²) < 4.78 is 11.4. The molecule has 3 aromatic rings. The Hall–Kier alpha value is -3.98. The highest BCUT2D eigenvalue weighted by Crippen LogP contribution is 2.33. The van der Waals surface area contributed by atoms with E-state index >= 15 is 0 Å². The van der Waals surface area contributed by atoms with Gasteiger partial charge < -0.3 is 34.1 Å². The van der Waals surface area contributed by atoms with Gasteiger partial charge in [0.05, 0.1) is 24.3 Å². The topological polar surface area (TPSA) is 107 Å². The Kier molecular flexibility index (Phi) is 8.26. The third-order valence-corrected chi connectivity index (χ3v) is 6.79. The molecule has 9 heteroatoms. The van der Waals surface area contributed by atoms with Gasteiger partial charge in [0.1, 0.15) is 28.8 Å². The Morgan fingerprint density at radius 2 is 1.74 bits per heavy atom. The predicted octanol–water partition coefficient (Wildman–Crippen LogP) is 4.15. The van der Waals surface area contributed by atoms with Gasteiger partial charge in [-0.15, -0.1) is 0 Å². The first-order valence-electron chi connectivity index (χ1n) is 12.8. The summed E-state index contributed by atoms with van der Waals surface area (Å²) in [5.41, 5.74) is 1.86. The van der Waals surface area contributed by atoms with Crippen molar-refractivity contribution in [3.05, 3.63) is 76.2 Å². The summed E-state index contributed by atoms with van der Waals surface area (Å²) in [7, 11) is 3.65. The van der Waals surface area contributed by atoms with E-state index in [-0.39, 0.29) is 23.4 Å². The highest BCUT2D eigenvalue weighted by Gasteiger charge is 2.29. The number of nitrogens with zero attached hydrogens (tertiary/aromatic N) is 3. The third kappa shape index (κ3) is 6.11. The molecule has 0 spiro atoms. The summed E-state index contributed by atoms with van der Waals surface area (Å²) in [5, 5.41) is 20.9. The summed E-state index contributed by atoms with van der Waals surface area (Å²) >= 11 is 0. The van der Waals surface area contributed by atoms with Gasteiger partial charge in [0.15, 0.2) is 0 Å². The number of furan rings is 1. The van der Waals surface area contributed by atoms with Crippen molar-refractivity contribution in [2.45, 2.75) is 39.9 Å². The molecule has 1 aliphatic rings. The van der Waals surface area contributed by atoms with Crippen molar-refractivity contribution < 1.29 is 29.0 Å². The van der Waals surface area contributed by atoms with E-state index in [1.54, 1.807) is 24.1 Å². The van der Waals surface area contributed by atoms with Crippen molar-refractivity contribution in [3.8, 4) is 17.2 Å². The second kappa shape index (κ2) is 11.6. The molecule has 0 bridgehead atoms. The molecule has 1 aromatic heterocycles. The molecule has 0 fully saturated rings. The smallest absolute Gasteiger partial charge is 0.258 e. The van der Waals surface area contributed by atoms with Crippen LogP contribution in [-0.4, -0.2) is 70.5 Å². The Morgan fingerprint density at radius 1 is 1.00 bits per heavy atom. The second-order valence-electron chi connectivity index (χ2n) is 9.75. The Labute approximate surface area is 222 Å². The number of phenolic OH excluding ortho intramolecular Hbond substituents is 2. The monoisotopic (exact) mass is 521 g/mol. The fourth-order valence-electron chi connectivity index (χ4n) is 4.46. The highest BCUT2D eigenvalue weighted by molar-refractivity contribution is 6.03. The number of fused-ring (bicyclic) bond motifs is 1. The fraction of sp³-hybridized carbons (Fsp3) is 0.379. The van der Waals surface area contributed by atoms with Crippen molar-refractivity contribution in [1.82, 2.24) is 14.7 Å². The third-order valence-electron chi connectivity index (χ3n) is 6.79. The number of aromatic hydroxyl groups is 2. The summed E-state index contributed by atoms with van der Waals surface area (Å²) in [4.78, 5) is 31.7. The van der Waals surface area contributed by atoms with Crippen LogP contribution in [0.15, 0.2) is 46.9 Å². The lowest BCUT2D eigenvalue weighted by Crippen LogP contribution is -2.28. The van der Waals surface area contributed by atoms with Crippen LogP contribution >= 0.6 is 0 Å². The van der Waals surface area contributed by atoms with Crippen LogP contribution < -0.4 is 4.74 Å². The van der Waals surface area contributed by atoms with E-state index in [0.717, 1.165) is 48.2 Å². The van der Waals surface area contributed by atoms with E-state index < -0.39 is 17.6 Å². The number of aryl methyl sites for hydroxylation is 1. The molecule has 38 heavy (non-hydrogen) atoms. The first-order valence-corrected chi connectivity index (χ1v) is 12.8. The Morgan fingerprint density at radius 3 is 2.45 bits per heavy atom. The first kappa shape index (κ1) is 27.1. The molecule has 1 aliphatic heterocycles. The standard InChI is InChI=1S/C29H35N3O6/c1-5-30(3)11-6-12-37-22-10-8-20-16-32(17-21(20)13-22)29(36)25-14-24(26(33)15-27(25)34)28(35)31(4)18-23-9-7-19(2)38-23/h7-10,13-15,33-34H,5-6,11-12,16-18H2,1-4H3. The molecular weight excluding hydrogens is 486 g/mol. The molecule has 4 rings (SSSR count).